The lowest BCUT2D eigenvalue weighted by atomic mass is 10.1. The first kappa shape index (κ1) is 17.4. The number of amides is 2. The Morgan fingerprint density at radius 1 is 0.875 bits per heavy atom. The van der Waals surface area contributed by atoms with Crippen LogP contribution >= 0.6 is 46.6 Å². The highest BCUT2D eigenvalue weighted by molar-refractivity contribution is 8.04. The van der Waals surface area contributed by atoms with Crippen LogP contribution in [0, 0.1) is 0 Å². The Hall–Kier alpha value is -1.46. The lowest BCUT2D eigenvalue weighted by Crippen LogP contribution is -2.26. The number of halogens is 3. The van der Waals surface area contributed by atoms with Crippen molar-refractivity contribution in [2.75, 3.05) is 7.05 Å². The van der Waals surface area contributed by atoms with Crippen molar-refractivity contribution < 1.29 is 9.59 Å². The summed E-state index contributed by atoms with van der Waals surface area (Å²) >= 11 is 19.2. The van der Waals surface area contributed by atoms with Gasteiger partial charge in [-0.1, -0.05) is 52.6 Å². The number of thioether (sulfide) groups is 1. The van der Waals surface area contributed by atoms with Crippen LogP contribution in [0.15, 0.2) is 52.3 Å². The molecule has 0 unspecified atom stereocenters. The normalized spacial score (nSPS) is 14.8. The molecule has 1 heterocycles. The second-order valence-electron chi connectivity index (χ2n) is 5.05. The molecular formula is C17H10Cl3NO2S. The Bertz CT molecular complexity index is 878. The predicted octanol–water partition coefficient (Wildman–Crippen LogP) is 5.15. The summed E-state index contributed by atoms with van der Waals surface area (Å²) in [6, 6.07) is 11.9. The van der Waals surface area contributed by atoms with Crippen LogP contribution in [0.4, 0.5) is 0 Å². The molecule has 1 aliphatic rings. The fourth-order valence-corrected chi connectivity index (χ4v) is 3.92. The summed E-state index contributed by atoms with van der Waals surface area (Å²) in [5, 5.41) is 1.38. The lowest BCUT2D eigenvalue weighted by Gasteiger charge is -2.08. The maximum atomic E-state index is 12.5. The molecule has 122 valence electrons. The van der Waals surface area contributed by atoms with Gasteiger partial charge in [-0.15, -0.1) is 0 Å². The number of hydrogen-bond acceptors (Lipinski definition) is 3. The van der Waals surface area contributed by atoms with Crippen molar-refractivity contribution in [3.63, 3.8) is 0 Å². The second kappa shape index (κ2) is 6.81. The predicted molar refractivity (Wildman–Crippen MR) is 98.5 cm³/mol. The monoisotopic (exact) mass is 397 g/mol. The van der Waals surface area contributed by atoms with Gasteiger partial charge in [0.15, 0.2) is 0 Å². The molecule has 0 radical (unpaired) electrons. The molecule has 7 heteroatoms. The minimum Gasteiger partial charge on any atom is -0.277 e. The zero-order valence-corrected chi connectivity index (χ0v) is 15.4. The summed E-state index contributed by atoms with van der Waals surface area (Å²) in [4.78, 5) is 27.2. The van der Waals surface area contributed by atoms with E-state index < -0.39 is 0 Å². The van der Waals surface area contributed by atoms with E-state index in [2.05, 4.69) is 0 Å². The first-order valence-corrected chi connectivity index (χ1v) is 8.79. The van der Waals surface area contributed by atoms with Gasteiger partial charge in [0.1, 0.15) is 0 Å². The van der Waals surface area contributed by atoms with Crippen LogP contribution < -0.4 is 0 Å². The van der Waals surface area contributed by atoms with E-state index in [0.29, 0.717) is 25.5 Å². The van der Waals surface area contributed by atoms with Crippen molar-refractivity contribution in [1.82, 2.24) is 4.90 Å². The number of rotatable bonds is 3. The molecule has 0 N–H and O–H groups in total. The second-order valence-corrected chi connectivity index (χ2v) is 7.42. The number of likely N-dealkylation sites (N-methyl/N-ethyl adjacent to an activating group) is 1. The molecule has 2 aromatic rings. The summed E-state index contributed by atoms with van der Waals surface area (Å²) in [6.45, 7) is 0. The first-order valence-electron chi connectivity index (χ1n) is 6.84. The minimum atomic E-state index is -0.388. The molecule has 0 atom stereocenters. The number of carbonyl (C=O) groups excluding carboxylic acids is 2. The third kappa shape index (κ3) is 3.20. The molecule has 3 rings (SSSR count). The van der Waals surface area contributed by atoms with Gasteiger partial charge in [-0.25, -0.2) is 0 Å². The van der Waals surface area contributed by atoms with Crippen LogP contribution in [0.5, 0.6) is 0 Å². The topological polar surface area (TPSA) is 37.4 Å². The fourth-order valence-electron chi connectivity index (χ4n) is 2.26. The third-order valence-corrected chi connectivity index (χ3v) is 5.37. The van der Waals surface area contributed by atoms with Crippen LogP contribution in [-0.4, -0.2) is 23.8 Å². The van der Waals surface area contributed by atoms with Crippen LogP contribution in [-0.2, 0) is 9.59 Å². The fraction of sp³-hybridized carbons (Fsp3) is 0.0588. The maximum Gasteiger partial charge on any atom is 0.268 e. The summed E-state index contributed by atoms with van der Waals surface area (Å²) in [6.07, 6.45) is 0. The molecule has 0 saturated carbocycles. The summed E-state index contributed by atoms with van der Waals surface area (Å²) < 4.78 is 0. The molecule has 0 aromatic heterocycles. The van der Waals surface area contributed by atoms with Gasteiger partial charge in [0, 0.05) is 27.6 Å². The van der Waals surface area contributed by atoms with E-state index in [-0.39, 0.29) is 17.4 Å². The Morgan fingerprint density at radius 3 is 2.12 bits per heavy atom. The van der Waals surface area contributed by atoms with Crippen molar-refractivity contribution in [2.24, 2.45) is 0 Å². The lowest BCUT2D eigenvalue weighted by molar-refractivity contribution is -0.134. The molecule has 24 heavy (non-hydrogen) atoms. The van der Waals surface area contributed by atoms with E-state index >= 15 is 0 Å². The molecule has 3 nitrogen and oxygen atoms in total. The van der Waals surface area contributed by atoms with Crippen LogP contribution in [0.3, 0.4) is 0 Å². The van der Waals surface area contributed by atoms with Gasteiger partial charge in [-0.2, -0.15) is 0 Å². The van der Waals surface area contributed by atoms with Crippen LogP contribution in [0.2, 0.25) is 15.1 Å². The minimum absolute atomic E-state index is 0.282. The highest BCUT2D eigenvalue weighted by atomic mass is 35.5. The average Bonchev–Trinajstić information content (AvgIpc) is 2.75. The Labute approximate surface area is 158 Å². The summed E-state index contributed by atoms with van der Waals surface area (Å²) in [5.41, 5.74) is 0.768. The van der Waals surface area contributed by atoms with Crippen LogP contribution in [0.25, 0.3) is 5.57 Å². The van der Waals surface area contributed by atoms with E-state index in [9.17, 15) is 9.59 Å². The molecule has 0 aliphatic carbocycles. The zero-order valence-electron chi connectivity index (χ0n) is 12.3. The van der Waals surface area contributed by atoms with Gasteiger partial charge in [-0.3, -0.25) is 14.5 Å². The van der Waals surface area contributed by atoms with E-state index in [0.717, 1.165) is 9.80 Å². The van der Waals surface area contributed by atoms with Gasteiger partial charge in [-0.05, 0) is 36.4 Å². The molecular weight excluding hydrogens is 389 g/mol. The highest BCUT2D eigenvalue weighted by Gasteiger charge is 2.37. The molecule has 0 spiro atoms. The van der Waals surface area contributed by atoms with Crippen molar-refractivity contribution in [1.29, 1.82) is 0 Å². The van der Waals surface area contributed by atoms with Gasteiger partial charge < -0.3 is 0 Å². The van der Waals surface area contributed by atoms with Crippen LogP contribution in [0.1, 0.15) is 5.56 Å². The highest BCUT2D eigenvalue weighted by Crippen LogP contribution is 2.41. The maximum absolute atomic E-state index is 12.5. The summed E-state index contributed by atoms with van der Waals surface area (Å²) in [7, 11) is 1.45. The Balaban J connectivity index is 2.11. The molecule has 1 aliphatic heterocycles. The number of hydrogen-bond donors (Lipinski definition) is 0. The third-order valence-electron chi connectivity index (χ3n) is 3.48. The quantitative estimate of drug-likeness (QED) is 0.671. The Morgan fingerprint density at radius 2 is 1.50 bits per heavy atom. The van der Waals surface area contributed by atoms with Gasteiger partial charge in [0.2, 0.25) is 0 Å². The SMILES string of the molecule is CN1C(=O)C(Sc2ccc(Cl)cc2)=C(c2ccc(Cl)cc2Cl)C1=O. The van der Waals surface area contributed by atoms with E-state index in [1.807, 2.05) is 0 Å². The number of carbonyl (C=O) groups is 2. The molecule has 0 fully saturated rings. The summed E-state index contributed by atoms with van der Waals surface area (Å²) in [5.74, 6) is -0.748. The van der Waals surface area contributed by atoms with E-state index in [4.69, 9.17) is 34.8 Å². The number of nitrogens with zero attached hydrogens (tertiary/aromatic N) is 1. The molecule has 0 bridgehead atoms. The van der Waals surface area contributed by atoms with Gasteiger partial charge in [0.05, 0.1) is 15.5 Å². The van der Waals surface area contributed by atoms with Crippen molar-refractivity contribution in [3.8, 4) is 0 Å². The smallest absolute Gasteiger partial charge is 0.268 e. The van der Waals surface area contributed by atoms with Crippen molar-refractivity contribution >= 4 is 64.0 Å². The average molecular weight is 399 g/mol. The van der Waals surface area contributed by atoms with E-state index in [1.165, 1.54) is 18.8 Å². The van der Waals surface area contributed by atoms with Gasteiger partial charge >= 0.3 is 0 Å². The number of benzene rings is 2. The van der Waals surface area contributed by atoms with E-state index in [1.54, 1.807) is 42.5 Å². The van der Waals surface area contributed by atoms with Crippen molar-refractivity contribution in [3.05, 3.63) is 68.0 Å². The molecule has 2 aromatic carbocycles. The zero-order chi connectivity index (χ0) is 17.4. The standard InChI is InChI=1S/C17H10Cl3NO2S/c1-21-16(22)14(12-7-4-10(19)8-13(12)20)15(17(21)23)24-11-5-2-9(18)3-6-11/h2-8H,1H3. The first-order chi connectivity index (χ1) is 11.4. The van der Waals surface area contributed by atoms with Gasteiger partial charge in [0.25, 0.3) is 11.8 Å². The van der Waals surface area contributed by atoms with Crippen molar-refractivity contribution in [2.45, 2.75) is 4.90 Å². The Kier molecular flexibility index (Phi) is 4.92. The molecule has 0 saturated heterocycles. The number of imide groups is 1. The largest absolute Gasteiger partial charge is 0.277 e. The molecule has 2 amide bonds.